The third kappa shape index (κ3) is 3.82. The molecule has 0 aliphatic heterocycles. The van der Waals surface area contributed by atoms with Crippen molar-refractivity contribution < 1.29 is 9.53 Å². The molecule has 0 aromatic carbocycles. The fourth-order valence-corrected chi connectivity index (χ4v) is 2.62. The molecule has 0 bridgehead atoms. The molecule has 0 fully saturated rings. The number of hydrogen-bond acceptors (Lipinski definition) is 4. The number of carbonyl (C=O) groups is 1. The zero-order valence-electron chi connectivity index (χ0n) is 13.3. The first-order valence-corrected chi connectivity index (χ1v) is 7.42. The third-order valence-corrected chi connectivity index (χ3v) is 3.54. The Balaban J connectivity index is 2.87. The largest absolute Gasteiger partial charge is 0.465 e. The molecule has 2 unspecified atom stereocenters. The Morgan fingerprint density at radius 2 is 2.20 bits per heavy atom. The van der Waals surface area contributed by atoms with E-state index < -0.39 is 5.54 Å². The van der Waals surface area contributed by atoms with Gasteiger partial charge in [0.1, 0.15) is 11.4 Å². The van der Waals surface area contributed by atoms with Crippen LogP contribution in [0.25, 0.3) is 0 Å². The monoisotopic (exact) mass is 281 g/mol. The summed E-state index contributed by atoms with van der Waals surface area (Å²) < 4.78 is 7.34. The summed E-state index contributed by atoms with van der Waals surface area (Å²) in [6.07, 6.45) is 5.34. The summed E-state index contributed by atoms with van der Waals surface area (Å²) in [6.45, 7) is 11.1. The number of nitrogens with zero attached hydrogens (tertiary/aromatic N) is 2. The third-order valence-electron chi connectivity index (χ3n) is 3.54. The number of aromatic nitrogens is 2. The maximum Gasteiger partial charge on any atom is 0.326 e. The Labute approximate surface area is 121 Å². The summed E-state index contributed by atoms with van der Waals surface area (Å²) in [5.41, 5.74) is -0.667. The highest BCUT2D eigenvalue weighted by atomic mass is 16.5. The van der Waals surface area contributed by atoms with Crippen LogP contribution in [0, 0.1) is 0 Å². The van der Waals surface area contributed by atoms with Gasteiger partial charge in [0.05, 0.1) is 6.61 Å². The molecule has 0 radical (unpaired) electrons. The van der Waals surface area contributed by atoms with Crippen LogP contribution in [0.15, 0.2) is 12.4 Å². The quantitative estimate of drug-likeness (QED) is 0.743. The van der Waals surface area contributed by atoms with E-state index in [0.717, 1.165) is 18.8 Å². The number of nitrogens with one attached hydrogen (secondary N) is 1. The van der Waals surface area contributed by atoms with Gasteiger partial charge >= 0.3 is 5.97 Å². The number of carbonyl (C=O) groups excluding carboxylic acids is 1. The van der Waals surface area contributed by atoms with Gasteiger partial charge in [-0.15, -0.1) is 0 Å². The van der Waals surface area contributed by atoms with Gasteiger partial charge < -0.3 is 14.6 Å². The van der Waals surface area contributed by atoms with E-state index in [-0.39, 0.29) is 12.0 Å². The van der Waals surface area contributed by atoms with E-state index in [1.54, 1.807) is 0 Å². The minimum atomic E-state index is -0.667. The average Bonchev–Trinajstić information content (AvgIpc) is 2.87. The maximum atomic E-state index is 12.2. The molecule has 20 heavy (non-hydrogen) atoms. The van der Waals surface area contributed by atoms with Crippen molar-refractivity contribution in [3.8, 4) is 0 Å². The number of rotatable bonds is 8. The Kier molecular flexibility index (Phi) is 6.20. The number of hydrogen-bond donors (Lipinski definition) is 1. The van der Waals surface area contributed by atoms with Crippen molar-refractivity contribution in [1.82, 2.24) is 14.9 Å². The van der Waals surface area contributed by atoms with Crippen LogP contribution < -0.4 is 5.32 Å². The molecule has 1 heterocycles. The van der Waals surface area contributed by atoms with Crippen molar-refractivity contribution in [2.45, 2.75) is 59.0 Å². The molecule has 0 aliphatic carbocycles. The summed E-state index contributed by atoms with van der Waals surface area (Å²) in [4.78, 5) is 16.5. The van der Waals surface area contributed by atoms with Gasteiger partial charge in [-0.05, 0) is 33.7 Å². The molecule has 0 amide bonds. The van der Waals surface area contributed by atoms with Crippen LogP contribution in [0.5, 0.6) is 0 Å². The standard InChI is InChI=1S/C15H27N3O2/c1-6-13-16-9-10-18(13)12(4)11-15(5,17-7-2)14(19)20-8-3/h9-10,12,17H,6-8,11H2,1-5H3. The molecule has 5 heteroatoms. The average molecular weight is 281 g/mol. The minimum absolute atomic E-state index is 0.181. The summed E-state index contributed by atoms with van der Waals surface area (Å²) in [6, 6.07) is 0.181. The van der Waals surface area contributed by atoms with Crippen molar-refractivity contribution >= 4 is 5.97 Å². The Morgan fingerprint density at radius 1 is 1.50 bits per heavy atom. The van der Waals surface area contributed by atoms with E-state index in [1.807, 2.05) is 33.2 Å². The fourth-order valence-electron chi connectivity index (χ4n) is 2.62. The highest BCUT2D eigenvalue weighted by Crippen LogP contribution is 2.23. The molecule has 5 nitrogen and oxygen atoms in total. The van der Waals surface area contributed by atoms with Crippen LogP contribution >= 0.6 is 0 Å². The topological polar surface area (TPSA) is 56.2 Å². The van der Waals surface area contributed by atoms with E-state index in [2.05, 4.69) is 28.7 Å². The van der Waals surface area contributed by atoms with E-state index in [4.69, 9.17) is 4.74 Å². The first-order valence-electron chi connectivity index (χ1n) is 7.42. The summed E-state index contributed by atoms with van der Waals surface area (Å²) in [5.74, 6) is 0.854. The number of aryl methyl sites for hydroxylation is 1. The van der Waals surface area contributed by atoms with Crippen molar-refractivity contribution in [2.75, 3.05) is 13.2 Å². The van der Waals surface area contributed by atoms with Crippen LogP contribution in [0.2, 0.25) is 0 Å². The smallest absolute Gasteiger partial charge is 0.326 e. The Morgan fingerprint density at radius 3 is 2.75 bits per heavy atom. The molecule has 1 aromatic heterocycles. The molecule has 114 valence electrons. The van der Waals surface area contributed by atoms with Gasteiger partial charge in [-0.3, -0.25) is 4.79 Å². The molecule has 2 atom stereocenters. The second-order valence-corrected chi connectivity index (χ2v) is 5.24. The lowest BCUT2D eigenvalue weighted by Gasteiger charge is -2.31. The zero-order chi connectivity index (χ0) is 15.2. The van der Waals surface area contributed by atoms with Crippen molar-refractivity contribution in [1.29, 1.82) is 0 Å². The molecule has 1 aromatic rings. The van der Waals surface area contributed by atoms with Gasteiger partial charge in [0, 0.05) is 24.9 Å². The van der Waals surface area contributed by atoms with Crippen LogP contribution in [0.4, 0.5) is 0 Å². The second kappa shape index (κ2) is 7.43. The van der Waals surface area contributed by atoms with Gasteiger partial charge in [-0.1, -0.05) is 13.8 Å². The van der Waals surface area contributed by atoms with Crippen LogP contribution in [-0.2, 0) is 16.0 Å². The number of ether oxygens (including phenoxy) is 1. The number of likely N-dealkylation sites (N-methyl/N-ethyl adjacent to an activating group) is 1. The van der Waals surface area contributed by atoms with E-state index >= 15 is 0 Å². The Hall–Kier alpha value is -1.36. The SMILES string of the molecule is CCNC(C)(CC(C)n1ccnc1CC)C(=O)OCC. The number of esters is 1. The molecule has 0 saturated heterocycles. The zero-order valence-corrected chi connectivity index (χ0v) is 13.3. The minimum Gasteiger partial charge on any atom is -0.465 e. The van der Waals surface area contributed by atoms with Gasteiger partial charge in [0.2, 0.25) is 0 Å². The van der Waals surface area contributed by atoms with Crippen molar-refractivity contribution in [3.63, 3.8) is 0 Å². The molecule has 0 saturated carbocycles. The van der Waals surface area contributed by atoms with Crippen molar-refractivity contribution in [2.24, 2.45) is 0 Å². The molecule has 0 spiro atoms. The Bertz CT molecular complexity index is 431. The maximum absolute atomic E-state index is 12.2. The van der Waals surface area contributed by atoms with Crippen molar-refractivity contribution in [3.05, 3.63) is 18.2 Å². The highest BCUT2D eigenvalue weighted by molar-refractivity contribution is 5.80. The predicted octanol–water partition coefficient (Wildman–Crippen LogP) is 2.33. The van der Waals surface area contributed by atoms with Gasteiger partial charge in [0.25, 0.3) is 0 Å². The van der Waals surface area contributed by atoms with Gasteiger partial charge in [-0.2, -0.15) is 0 Å². The molecular weight excluding hydrogens is 254 g/mol. The summed E-state index contributed by atoms with van der Waals surface area (Å²) >= 11 is 0. The number of imidazole rings is 1. The van der Waals surface area contributed by atoms with Gasteiger partial charge in [0.15, 0.2) is 0 Å². The normalized spacial score (nSPS) is 15.7. The van der Waals surface area contributed by atoms with E-state index in [0.29, 0.717) is 13.0 Å². The summed E-state index contributed by atoms with van der Waals surface area (Å²) in [5, 5.41) is 3.27. The van der Waals surface area contributed by atoms with Gasteiger partial charge in [-0.25, -0.2) is 4.98 Å². The fraction of sp³-hybridized carbons (Fsp3) is 0.733. The summed E-state index contributed by atoms with van der Waals surface area (Å²) in [7, 11) is 0. The van der Waals surface area contributed by atoms with E-state index in [9.17, 15) is 4.79 Å². The first-order chi connectivity index (χ1) is 9.48. The first kappa shape index (κ1) is 16.7. The molecule has 0 aliphatic rings. The van der Waals surface area contributed by atoms with Crippen LogP contribution in [0.3, 0.4) is 0 Å². The molecule has 1 N–H and O–H groups in total. The van der Waals surface area contributed by atoms with Crippen LogP contribution in [0.1, 0.15) is 52.9 Å². The molecular formula is C15H27N3O2. The predicted molar refractivity (Wildman–Crippen MR) is 79.6 cm³/mol. The van der Waals surface area contributed by atoms with Crippen LogP contribution in [-0.4, -0.2) is 34.2 Å². The highest BCUT2D eigenvalue weighted by Gasteiger charge is 2.36. The second-order valence-electron chi connectivity index (χ2n) is 5.24. The van der Waals surface area contributed by atoms with E-state index in [1.165, 1.54) is 0 Å². The lowest BCUT2D eigenvalue weighted by molar-refractivity contribution is -0.151. The lowest BCUT2D eigenvalue weighted by atomic mass is 9.93. The molecule has 1 rings (SSSR count). The lowest BCUT2D eigenvalue weighted by Crippen LogP contribution is -2.51.